The number of hydrogen-bond donors (Lipinski definition) is 3. The molecule has 0 spiro atoms. The maximum atomic E-state index is 13.5. The number of carbonyl (C=O) groups is 3. The highest BCUT2D eigenvalue weighted by molar-refractivity contribution is 7.14. The van der Waals surface area contributed by atoms with Gasteiger partial charge in [0.05, 0.1) is 5.69 Å². The van der Waals surface area contributed by atoms with Crippen LogP contribution in [0.1, 0.15) is 59.3 Å². The second-order valence-corrected chi connectivity index (χ2v) is 12.0. The highest BCUT2D eigenvalue weighted by Crippen LogP contribution is 2.60. The van der Waals surface area contributed by atoms with E-state index in [-0.39, 0.29) is 29.1 Å². The van der Waals surface area contributed by atoms with Crippen LogP contribution in [-0.4, -0.2) is 28.7 Å². The Morgan fingerprint density at radius 3 is 2.11 bits per heavy atom. The number of rotatable bonds is 7. The van der Waals surface area contributed by atoms with Crippen molar-refractivity contribution in [1.29, 1.82) is 0 Å². The topological polar surface area (TPSA) is 100 Å². The van der Waals surface area contributed by atoms with Crippen LogP contribution >= 0.6 is 11.3 Å². The lowest BCUT2D eigenvalue weighted by Crippen LogP contribution is -2.57. The Bertz CT molecular complexity index is 1090. The fourth-order valence-corrected chi connectivity index (χ4v) is 7.52. The molecule has 0 radical (unpaired) electrons. The minimum atomic E-state index is -0.597. The Hall–Kier alpha value is -2.74. The zero-order valence-electron chi connectivity index (χ0n) is 20.6. The third kappa shape index (κ3) is 4.99. The van der Waals surface area contributed by atoms with Crippen molar-refractivity contribution in [2.75, 3.05) is 10.6 Å². The van der Waals surface area contributed by atoms with Crippen LogP contribution < -0.4 is 16.0 Å². The molecule has 0 aliphatic heterocycles. The molecular formula is C27H34N4O3S. The van der Waals surface area contributed by atoms with E-state index in [2.05, 4.69) is 20.9 Å². The Kier molecular flexibility index (Phi) is 6.42. The molecule has 8 heteroatoms. The SMILES string of the molecule is CC(=O)Nc1ccc(-c2csc(NC(=O)C(NC(=O)C34CC5CC(CC(C5)C3)C4)C(C)C)n2)cc1. The summed E-state index contributed by atoms with van der Waals surface area (Å²) >= 11 is 1.36. The molecule has 186 valence electrons. The zero-order valence-corrected chi connectivity index (χ0v) is 21.4. The number of thiazole rings is 1. The number of anilines is 2. The van der Waals surface area contributed by atoms with E-state index in [0.717, 1.165) is 36.2 Å². The van der Waals surface area contributed by atoms with Crippen LogP contribution in [-0.2, 0) is 14.4 Å². The summed E-state index contributed by atoms with van der Waals surface area (Å²) in [6, 6.07) is 6.81. The van der Waals surface area contributed by atoms with E-state index in [0.29, 0.717) is 22.9 Å². The lowest BCUT2D eigenvalue weighted by molar-refractivity contribution is -0.148. The first-order valence-electron chi connectivity index (χ1n) is 12.7. The predicted octanol–water partition coefficient (Wildman–Crippen LogP) is 5.06. The Labute approximate surface area is 210 Å². The van der Waals surface area contributed by atoms with Gasteiger partial charge in [0.1, 0.15) is 6.04 Å². The molecular weight excluding hydrogens is 460 g/mol. The average Bonchev–Trinajstić information content (AvgIpc) is 3.24. The van der Waals surface area contributed by atoms with Crippen molar-refractivity contribution in [2.24, 2.45) is 29.1 Å². The van der Waals surface area contributed by atoms with Crippen molar-refractivity contribution in [1.82, 2.24) is 10.3 Å². The van der Waals surface area contributed by atoms with Crippen molar-refractivity contribution >= 4 is 39.9 Å². The van der Waals surface area contributed by atoms with Gasteiger partial charge in [-0.05, 0) is 74.3 Å². The molecule has 2 aromatic rings. The monoisotopic (exact) mass is 494 g/mol. The number of benzene rings is 1. The van der Waals surface area contributed by atoms with Gasteiger partial charge in [0, 0.05) is 29.0 Å². The van der Waals surface area contributed by atoms with E-state index in [1.165, 1.54) is 37.5 Å². The summed E-state index contributed by atoms with van der Waals surface area (Å²) < 4.78 is 0. The molecule has 6 rings (SSSR count). The van der Waals surface area contributed by atoms with Gasteiger partial charge in [-0.3, -0.25) is 14.4 Å². The van der Waals surface area contributed by atoms with E-state index in [9.17, 15) is 14.4 Å². The van der Waals surface area contributed by atoms with Crippen molar-refractivity contribution < 1.29 is 14.4 Å². The number of aromatic nitrogens is 1. The van der Waals surface area contributed by atoms with Crippen molar-refractivity contribution in [3.8, 4) is 11.3 Å². The summed E-state index contributed by atoms with van der Waals surface area (Å²) in [5.41, 5.74) is 2.09. The minimum Gasteiger partial charge on any atom is -0.344 e. The van der Waals surface area contributed by atoms with E-state index in [1.54, 1.807) is 0 Å². The summed E-state index contributed by atoms with van der Waals surface area (Å²) in [5.74, 6) is 1.74. The number of hydrogen-bond acceptors (Lipinski definition) is 5. The molecule has 1 atom stereocenters. The molecule has 1 aromatic heterocycles. The second-order valence-electron chi connectivity index (χ2n) is 11.2. The minimum absolute atomic E-state index is 0.0337. The van der Waals surface area contributed by atoms with Gasteiger partial charge in [-0.1, -0.05) is 26.0 Å². The predicted molar refractivity (Wildman–Crippen MR) is 138 cm³/mol. The van der Waals surface area contributed by atoms with Gasteiger partial charge in [0.25, 0.3) is 0 Å². The van der Waals surface area contributed by atoms with Crippen molar-refractivity contribution in [3.63, 3.8) is 0 Å². The van der Waals surface area contributed by atoms with Crippen LogP contribution in [0.15, 0.2) is 29.6 Å². The van der Waals surface area contributed by atoms with Crippen LogP contribution in [0, 0.1) is 29.1 Å². The van der Waals surface area contributed by atoms with Gasteiger partial charge in [-0.25, -0.2) is 4.98 Å². The summed E-state index contributed by atoms with van der Waals surface area (Å²) in [6.07, 6.45) is 6.78. The fourth-order valence-electron chi connectivity index (χ4n) is 6.79. The first kappa shape index (κ1) is 24.0. The second kappa shape index (κ2) is 9.37. The third-order valence-corrected chi connectivity index (χ3v) is 8.75. The first-order valence-corrected chi connectivity index (χ1v) is 13.5. The molecule has 7 nitrogen and oxygen atoms in total. The van der Waals surface area contributed by atoms with E-state index in [1.807, 2.05) is 43.5 Å². The van der Waals surface area contributed by atoms with E-state index in [4.69, 9.17) is 0 Å². The van der Waals surface area contributed by atoms with Gasteiger partial charge in [-0.15, -0.1) is 11.3 Å². The maximum absolute atomic E-state index is 13.5. The first-order chi connectivity index (χ1) is 16.7. The van der Waals surface area contributed by atoms with Gasteiger partial charge in [0.2, 0.25) is 17.7 Å². The number of nitrogens with one attached hydrogen (secondary N) is 3. The van der Waals surface area contributed by atoms with Gasteiger partial charge < -0.3 is 16.0 Å². The molecule has 4 aliphatic rings. The largest absolute Gasteiger partial charge is 0.344 e. The molecule has 35 heavy (non-hydrogen) atoms. The molecule has 1 unspecified atom stereocenters. The van der Waals surface area contributed by atoms with E-state index < -0.39 is 6.04 Å². The van der Waals surface area contributed by atoms with Crippen molar-refractivity contribution in [2.45, 2.75) is 65.3 Å². The fraction of sp³-hybridized carbons (Fsp3) is 0.556. The number of carbonyl (C=O) groups excluding carboxylic acids is 3. The normalized spacial score (nSPS) is 27.5. The van der Waals surface area contributed by atoms with Crippen LogP contribution in [0.3, 0.4) is 0 Å². The standard InChI is InChI=1S/C27H34N4O3S/c1-15(2)23(30-25(34)27-11-17-8-18(12-27)10-19(9-17)13-27)24(33)31-26-29-22(14-35-26)20-4-6-21(7-5-20)28-16(3)32/h4-7,14-15,17-19,23H,8-13H2,1-3H3,(H,28,32)(H,30,34)(H,29,31,33). The molecule has 4 fully saturated rings. The summed E-state index contributed by atoms with van der Waals surface area (Å²) in [6.45, 7) is 5.40. The van der Waals surface area contributed by atoms with Gasteiger partial charge in [-0.2, -0.15) is 0 Å². The van der Waals surface area contributed by atoms with Gasteiger partial charge >= 0.3 is 0 Å². The molecule has 4 aliphatic carbocycles. The molecule has 3 N–H and O–H groups in total. The lowest BCUT2D eigenvalue weighted by atomic mass is 9.49. The van der Waals surface area contributed by atoms with Crippen LogP contribution in [0.25, 0.3) is 11.3 Å². The number of amides is 3. The Morgan fingerprint density at radius 1 is 0.971 bits per heavy atom. The maximum Gasteiger partial charge on any atom is 0.248 e. The highest BCUT2D eigenvalue weighted by Gasteiger charge is 2.55. The molecule has 1 aromatic carbocycles. The molecule has 3 amide bonds. The molecule has 4 saturated carbocycles. The van der Waals surface area contributed by atoms with Crippen LogP contribution in [0.2, 0.25) is 0 Å². The molecule has 1 heterocycles. The molecule has 0 saturated heterocycles. The summed E-state index contributed by atoms with van der Waals surface area (Å²) in [5, 5.41) is 11.2. The van der Waals surface area contributed by atoms with Gasteiger partial charge in [0.15, 0.2) is 5.13 Å². The quantitative estimate of drug-likeness (QED) is 0.501. The number of nitrogens with zero attached hydrogens (tertiary/aromatic N) is 1. The van der Waals surface area contributed by atoms with E-state index >= 15 is 0 Å². The Morgan fingerprint density at radius 2 is 1.57 bits per heavy atom. The van der Waals surface area contributed by atoms with Crippen LogP contribution in [0.4, 0.5) is 10.8 Å². The summed E-state index contributed by atoms with van der Waals surface area (Å²) in [7, 11) is 0. The zero-order chi connectivity index (χ0) is 24.7. The summed E-state index contributed by atoms with van der Waals surface area (Å²) in [4.78, 5) is 42.5. The van der Waals surface area contributed by atoms with Crippen LogP contribution in [0.5, 0.6) is 0 Å². The highest BCUT2D eigenvalue weighted by atomic mass is 32.1. The van der Waals surface area contributed by atoms with Crippen molar-refractivity contribution in [3.05, 3.63) is 29.6 Å². The lowest BCUT2D eigenvalue weighted by Gasteiger charge is -2.55. The molecule has 4 bridgehead atoms. The average molecular weight is 495 g/mol. The Balaban J connectivity index is 1.24. The third-order valence-electron chi connectivity index (χ3n) is 7.99. The smallest absolute Gasteiger partial charge is 0.248 e.